The molecule has 0 aromatic rings. The number of amides is 1. The first-order chi connectivity index (χ1) is 13.2. The lowest BCUT2D eigenvalue weighted by Crippen LogP contribution is -2.39. The first-order valence-electron chi connectivity index (χ1n) is 10.9. The highest BCUT2D eigenvalue weighted by Crippen LogP contribution is 2.13. The van der Waals surface area contributed by atoms with E-state index in [1.165, 1.54) is 77.0 Å². The topological polar surface area (TPSA) is 79.2 Å². The highest BCUT2D eigenvalue weighted by molar-refractivity contribution is 6.37. The number of carbonyl (C=O) groups is 2. The third-order valence-electron chi connectivity index (χ3n) is 4.98. The van der Waals surface area contributed by atoms with Crippen LogP contribution >= 0.6 is 0 Å². The number of amidine groups is 1. The lowest BCUT2D eigenvalue weighted by Gasteiger charge is -2.15. The average molecular weight is 383 g/mol. The molecule has 1 rings (SSSR count). The van der Waals surface area contributed by atoms with Gasteiger partial charge in [0.05, 0.1) is 19.7 Å². The molecule has 0 saturated heterocycles. The van der Waals surface area contributed by atoms with E-state index in [4.69, 9.17) is 9.84 Å². The number of rotatable bonds is 16. The van der Waals surface area contributed by atoms with Gasteiger partial charge in [-0.3, -0.25) is 9.89 Å². The number of carboxylic acid groups (broad SMARTS) is 1. The second-order valence-corrected chi connectivity index (χ2v) is 7.37. The van der Waals surface area contributed by atoms with Gasteiger partial charge in [0.2, 0.25) is 5.84 Å². The molecule has 0 spiro atoms. The Labute approximate surface area is 164 Å². The van der Waals surface area contributed by atoms with Crippen molar-refractivity contribution in [3.8, 4) is 0 Å². The molecular formula is C21H38N2O4. The number of hydrogen-bond acceptors (Lipinski definition) is 4. The largest absolute Gasteiger partial charge is 0.475 e. The number of aliphatic carboxylic acids is 1. The molecule has 1 aliphatic rings. The van der Waals surface area contributed by atoms with E-state index in [2.05, 4.69) is 11.9 Å². The lowest BCUT2D eigenvalue weighted by atomic mass is 10.0. The summed E-state index contributed by atoms with van der Waals surface area (Å²) in [6.45, 7) is 3.22. The molecule has 1 N–H and O–H groups in total. The van der Waals surface area contributed by atoms with E-state index in [-0.39, 0.29) is 5.84 Å². The maximum Gasteiger partial charge on any atom is 0.415 e. The summed E-state index contributed by atoms with van der Waals surface area (Å²) in [5.74, 6) is -1.39. The van der Waals surface area contributed by atoms with Gasteiger partial charge >= 0.3 is 12.1 Å². The summed E-state index contributed by atoms with van der Waals surface area (Å²) in [7, 11) is 0. The first-order valence-corrected chi connectivity index (χ1v) is 10.9. The summed E-state index contributed by atoms with van der Waals surface area (Å²) in [4.78, 5) is 27.7. The second kappa shape index (κ2) is 15.5. The normalized spacial score (nSPS) is 13.7. The zero-order valence-electron chi connectivity index (χ0n) is 17.1. The van der Waals surface area contributed by atoms with E-state index in [0.29, 0.717) is 19.7 Å². The Morgan fingerprint density at radius 3 is 1.85 bits per heavy atom. The third kappa shape index (κ3) is 11.0. The fourth-order valence-electron chi connectivity index (χ4n) is 3.34. The second-order valence-electron chi connectivity index (χ2n) is 7.37. The zero-order valence-corrected chi connectivity index (χ0v) is 17.1. The summed E-state index contributed by atoms with van der Waals surface area (Å²) in [5.41, 5.74) is 0. The molecule has 0 aromatic heterocycles. The molecule has 27 heavy (non-hydrogen) atoms. The molecule has 0 unspecified atom stereocenters. The molecule has 0 atom stereocenters. The fraction of sp³-hybridized carbons (Fsp3) is 0.857. The quantitative estimate of drug-likeness (QED) is 0.362. The summed E-state index contributed by atoms with van der Waals surface area (Å²) in [6, 6.07) is 0. The van der Waals surface area contributed by atoms with Gasteiger partial charge < -0.3 is 9.84 Å². The molecule has 156 valence electrons. The predicted octanol–water partition coefficient (Wildman–Crippen LogP) is 5.40. The molecular weight excluding hydrogens is 344 g/mol. The Bertz CT molecular complexity index is 451. The number of carboxylic acids is 1. The van der Waals surface area contributed by atoms with Crippen LogP contribution in [0.3, 0.4) is 0 Å². The number of carbonyl (C=O) groups excluding carboxylic acids is 1. The van der Waals surface area contributed by atoms with Gasteiger partial charge in [0, 0.05) is 0 Å². The van der Waals surface area contributed by atoms with Gasteiger partial charge in [-0.25, -0.2) is 9.59 Å². The minimum Gasteiger partial charge on any atom is -0.475 e. The lowest BCUT2D eigenvalue weighted by molar-refractivity contribution is -0.130. The highest BCUT2D eigenvalue weighted by Gasteiger charge is 2.29. The van der Waals surface area contributed by atoms with Crippen LogP contribution in [0.15, 0.2) is 4.99 Å². The van der Waals surface area contributed by atoms with Gasteiger partial charge in [0.1, 0.15) is 0 Å². The van der Waals surface area contributed by atoms with E-state index < -0.39 is 12.1 Å². The number of unbranched alkanes of at least 4 members (excludes halogenated alkanes) is 13. The molecule has 6 nitrogen and oxygen atoms in total. The van der Waals surface area contributed by atoms with Crippen molar-refractivity contribution < 1.29 is 19.4 Å². The molecule has 1 amide bonds. The van der Waals surface area contributed by atoms with E-state index in [0.717, 1.165) is 17.7 Å². The van der Waals surface area contributed by atoms with Crippen molar-refractivity contribution >= 4 is 17.9 Å². The molecule has 1 heterocycles. The number of aliphatic imine (C=N–C) groups is 1. The van der Waals surface area contributed by atoms with Gasteiger partial charge in [0.25, 0.3) is 0 Å². The van der Waals surface area contributed by atoms with Crippen molar-refractivity contribution in [3.05, 3.63) is 0 Å². The number of hydrogen-bond donors (Lipinski definition) is 1. The van der Waals surface area contributed by atoms with E-state index in [1.54, 1.807) is 0 Å². The maximum absolute atomic E-state index is 11.9. The Balaban J connectivity index is 1.85. The summed E-state index contributed by atoms with van der Waals surface area (Å²) >= 11 is 0. The van der Waals surface area contributed by atoms with Crippen LogP contribution in [0.2, 0.25) is 0 Å². The molecule has 0 fully saturated rings. The Morgan fingerprint density at radius 2 is 1.37 bits per heavy atom. The van der Waals surface area contributed by atoms with Crippen LogP contribution in [0.4, 0.5) is 4.79 Å². The summed E-state index contributed by atoms with van der Waals surface area (Å²) in [5, 5.41) is 8.96. The fourth-order valence-corrected chi connectivity index (χ4v) is 3.34. The minimum atomic E-state index is -1.18. The molecule has 6 heteroatoms. The first kappa shape index (κ1) is 23.4. The number of ether oxygens (including phenoxy) is 1. The summed E-state index contributed by atoms with van der Waals surface area (Å²) < 4.78 is 5.16. The van der Waals surface area contributed by atoms with Gasteiger partial charge in [0.15, 0.2) is 0 Å². The minimum absolute atomic E-state index is 0.207. The SMILES string of the molecule is CCCCCCCCCCCCCCCCOC(=O)N1CCN=C1C(=O)O. The van der Waals surface area contributed by atoms with Gasteiger partial charge in [-0.2, -0.15) is 0 Å². The molecule has 1 aliphatic heterocycles. The summed E-state index contributed by atoms with van der Waals surface area (Å²) in [6.07, 6.45) is 17.3. The van der Waals surface area contributed by atoms with Gasteiger partial charge in [-0.05, 0) is 6.42 Å². The van der Waals surface area contributed by atoms with E-state index in [1.807, 2.05) is 0 Å². The average Bonchev–Trinajstić information content (AvgIpc) is 3.15. The molecule has 0 saturated carbocycles. The van der Waals surface area contributed by atoms with E-state index >= 15 is 0 Å². The van der Waals surface area contributed by atoms with Crippen LogP contribution in [0.25, 0.3) is 0 Å². The van der Waals surface area contributed by atoms with Crippen LogP contribution < -0.4 is 0 Å². The van der Waals surface area contributed by atoms with Crippen LogP contribution in [-0.4, -0.2) is 47.6 Å². The van der Waals surface area contributed by atoms with E-state index in [9.17, 15) is 9.59 Å². The van der Waals surface area contributed by atoms with Crippen molar-refractivity contribution in [3.63, 3.8) is 0 Å². The maximum atomic E-state index is 11.9. The molecule has 0 radical (unpaired) electrons. The Hall–Kier alpha value is -1.59. The number of nitrogens with zero attached hydrogens (tertiary/aromatic N) is 2. The van der Waals surface area contributed by atoms with Crippen molar-refractivity contribution in [2.24, 2.45) is 4.99 Å². The Morgan fingerprint density at radius 1 is 0.889 bits per heavy atom. The standard InChI is InChI=1S/C21H38N2O4/c1-2-3-4-5-6-7-8-9-10-11-12-13-14-15-18-27-21(26)23-17-16-22-19(23)20(24)25/h2-18H2,1H3,(H,24,25). The Kier molecular flexibility index (Phi) is 13.4. The van der Waals surface area contributed by atoms with Crippen molar-refractivity contribution in [1.29, 1.82) is 0 Å². The molecule has 0 aromatic carbocycles. The zero-order chi connectivity index (χ0) is 19.7. The van der Waals surface area contributed by atoms with Crippen molar-refractivity contribution in [2.75, 3.05) is 19.7 Å². The monoisotopic (exact) mass is 382 g/mol. The van der Waals surface area contributed by atoms with Crippen molar-refractivity contribution in [1.82, 2.24) is 4.90 Å². The highest BCUT2D eigenvalue weighted by atomic mass is 16.6. The van der Waals surface area contributed by atoms with Crippen LogP contribution in [0.1, 0.15) is 96.8 Å². The predicted molar refractivity (Wildman–Crippen MR) is 108 cm³/mol. The van der Waals surface area contributed by atoms with Crippen LogP contribution in [0.5, 0.6) is 0 Å². The third-order valence-corrected chi connectivity index (χ3v) is 4.98. The molecule has 0 bridgehead atoms. The molecule has 0 aliphatic carbocycles. The smallest absolute Gasteiger partial charge is 0.415 e. The van der Waals surface area contributed by atoms with Gasteiger partial charge in [-0.1, -0.05) is 90.4 Å². The van der Waals surface area contributed by atoms with Crippen LogP contribution in [-0.2, 0) is 9.53 Å². The van der Waals surface area contributed by atoms with Crippen LogP contribution in [0, 0.1) is 0 Å². The van der Waals surface area contributed by atoms with Gasteiger partial charge in [-0.15, -0.1) is 0 Å². The van der Waals surface area contributed by atoms with Crippen molar-refractivity contribution in [2.45, 2.75) is 96.8 Å².